The van der Waals surface area contributed by atoms with Crippen LogP contribution in [0.15, 0.2) is 18.2 Å². The van der Waals surface area contributed by atoms with E-state index in [1.54, 1.807) is 6.07 Å². The van der Waals surface area contributed by atoms with Crippen molar-refractivity contribution in [2.45, 2.75) is 33.1 Å². The molecule has 1 aromatic rings. The van der Waals surface area contributed by atoms with Crippen LogP contribution >= 0.6 is 0 Å². The number of hydrogen-bond acceptors (Lipinski definition) is 1. The molecule has 1 nitrogen and oxygen atoms in total. The van der Waals surface area contributed by atoms with Gasteiger partial charge < -0.3 is 5.32 Å². The molecule has 0 radical (unpaired) electrons. The quantitative estimate of drug-likeness (QED) is 0.710. The van der Waals surface area contributed by atoms with Crippen molar-refractivity contribution in [2.24, 2.45) is 0 Å². The predicted octanol–water partition coefficient (Wildman–Crippen LogP) is 3.07. The standard InChI is InChI=1S/C13H20FN/c1-3-8-15-9-4-5-12-6-7-13(14)11(2)10-12/h6-7,10,15H,3-5,8-9H2,1-2H3. The lowest BCUT2D eigenvalue weighted by Gasteiger charge is -2.04. The number of benzene rings is 1. The van der Waals surface area contributed by atoms with E-state index in [1.165, 1.54) is 12.0 Å². The van der Waals surface area contributed by atoms with E-state index in [0.29, 0.717) is 0 Å². The van der Waals surface area contributed by atoms with Crippen LogP contribution in [0.4, 0.5) is 4.39 Å². The zero-order valence-corrected chi connectivity index (χ0v) is 9.65. The Hall–Kier alpha value is -0.890. The molecule has 0 unspecified atom stereocenters. The third-order valence-corrected chi connectivity index (χ3v) is 2.47. The Labute approximate surface area is 91.7 Å². The van der Waals surface area contributed by atoms with Crippen molar-refractivity contribution >= 4 is 0 Å². The van der Waals surface area contributed by atoms with E-state index in [9.17, 15) is 4.39 Å². The summed E-state index contributed by atoms with van der Waals surface area (Å²) in [4.78, 5) is 0. The van der Waals surface area contributed by atoms with Gasteiger partial charge in [0.2, 0.25) is 0 Å². The van der Waals surface area contributed by atoms with Crippen LogP contribution in [0.2, 0.25) is 0 Å². The summed E-state index contributed by atoms with van der Waals surface area (Å²) in [6, 6.07) is 5.38. The van der Waals surface area contributed by atoms with Gasteiger partial charge in [-0.05, 0) is 56.5 Å². The second-order valence-electron chi connectivity index (χ2n) is 3.94. The molecule has 0 amide bonds. The maximum atomic E-state index is 13.0. The topological polar surface area (TPSA) is 12.0 Å². The van der Waals surface area contributed by atoms with Crippen molar-refractivity contribution in [1.82, 2.24) is 5.32 Å². The van der Waals surface area contributed by atoms with Crippen molar-refractivity contribution in [3.63, 3.8) is 0 Å². The molecule has 0 aromatic heterocycles. The molecule has 0 aliphatic carbocycles. The highest BCUT2D eigenvalue weighted by atomic mass is 19.1. The first-order valence-corrected chi connectivity index (χ1v) is 5.69. The monoisotopic (exact) mass is 209 g/mol. The van der Waals surface area contributed by atoms with Gasteiger partial charge in [0, 0.05) is 0 Å². The molecule has 84 valence electrons. The van der Waals surface area contributed by atoms with Gasteiger partial charge in [-0.1, -0.05) is 19.1 Å². The lowest BCUT2D eigenvalue weighted by atomic mass is 10.1. The van der Waals surface area contributed by atoms with Crippen LogP contribution in [0.3, 0.4) is 0 Å². The Kier molecular flexibility index (Phi) is 5.33. The minimum atomic E-state index is -0.108. The van der Waals surface area contributed by atoms with E-state index in [1.807, 2.05) is 19.1 Å². The molecule has 1 N–H and O–H groups in total. The summed E-state index contributed by atoms with van der Waals surface area (Å²) in [5, 5.41) is 3.36. The van der Waals surface area contributed by atoms with Gasteiger partial charge in [0.1, 0.15) is 5.82 Å². The highest BCUT2D eigenvalue weighted by Crippen LogP contribution is 2.10. The largest absolute Gasteiger partial charge is 0.317 e. The van der Waals surface area contributed by atoms with Gasteiger partial charge >= 0.3 is 0 Å². The molecule has 15 heavy (non-hydrogen) atoms. The molecular weight excluding hydrogens is 189 g/mol. The number of halogens is 1. The third kappa shape index (κ3) is 4.43. The molecule has 1 aromatic carbocycles. The zero-order valence-electron chi connectivity index (χ0n) is 9.65. The molecule has 0 fully saturated rings. The number of aryl methyl sites for hydroxylation is 2. The summed E-state index contributed by atoms with van der Waals surface area (Å²) in [5.41, 5.74) is 1.97. The van der Waals surface area contributed by atoms with E-state index in [2.05, 4.69) is 12.2 Å². The van der Waals surface area contributed by atoms with Crippen LogP contribution in [0, 0.1) is 12.7 Å². The molecular formula is C13H20FN. The number of hydrogen-bond donors (Lipinski definition) is 1. The fourth-order valence-electron chi connectivity index (χ4n) is 1.58. The van der Waals surface area contributed by atoms with Crippen LogP contribution in [0.25, 0.3) is 0 Å². The number of nitrogens with one attached hydrogen (secondary N) is 1. The molecule has 1 rings (SSSR count). The Morgan fingerprint density at radius 3 is 2.73 bits per heavy atom. The molecule has 0 bridgehead atoms. The van der Waals surface area contributed by atoms with E-state index in [0.717, 1.165) is 31.5 Å². The average molecular weight is 209 g/mol. The summed E-state index contributed by atoms with van der Waals surface area (Å²) < 4.78 is 13.0. The highest BCUT2D eigenvalue weighted by molar-refractivity contribution is 5.23. The second kappa shape index (κ2) is 6.57. The maximum absolute atomic E-state index is 13.0. The first kappa shape index (κ1) is 12.2. The second-order valence-corrected chi connectivity index (χ2v) is 3.94. The SMILES string of the molecule is CCCNCCCc1ccc(F)c(C)c1. The smallest absolute Gasteiger partial charge is 0.126 e. The van der Waals surface area contributed by atoms with Gasteiger partial charge in [-0.3, -0.25) is 0 Å². The Balaban J connectivity index is 2.28. The van der Waals surface area contributed by atoms with Crippen molar-refractivity contribution in [3.8, 4) is 0 Å². The lowest BCUT2D eigenvalue weighted by Crippen LogP contribution is -2.16. The predicted molar refractivity (Wildman–Crippen MR) is 62.6 cm³/mol. The van der Waals surface area contributed by atoms with Crippen molar-refractivity contribution in [1.29, 1.82) is 0 Å². The molecule has 0 atom stereocenters. The zero-order chi connectivity index (χ0) is 11.1. The average Bonchev–Trinajstić information content (AvgIpc) is 2.23. The first-order chi connectivity index (χ1) is 7.24. The summed E-state index contributed by atoms with van der Waals surface area (Å²) in [7, 11) is 0. The lowest BCUT2D eigenvalue weighted by molar-refractivity contribution is 0.615. The number of rotatable bonds is 6. The van der Waals surface area contributed by atoms with E-state index in [-0.39, 0.29) is 5.82 Å². The van der Waals surface area contributed by atoms with Crippen molar-refractivity contribution in [3.05, 3.63) is 35.1 Å². The fraction of sp³-hybridized carbons (Fsp3) is 0.538. The van der Waals surface area contributed by atoms with Gasteiger partial charge in [0.15, 0.2) is 0 Å². The molecule has 2 heteroatoms. The normalized spacial score (nSPS) is 10.6. The Morgan fingerprint density at radius 2 is 2.07 bits per heavy atom. The minimum absolute atomic E-state index is 0.108. The van der Waals surface area contributed by atoms with Crippen molar-refractivity contribution < 1.29 is 4.39 Å². The summed E-state index contributed by atoms with van der Waals surface area (Å²) in [6.07, 6.45) is 3.32. The minimum Gasteiger partial charge on any atom is -0.317 e. The maximum Gasteiger partial charge on any atom is 0.126 e. The fourth-order valence-corrected chi connectivity index (χ4v) is 1.58. The molecule has 0 heterocycles. The van der Waals surface area contributed by atoms with Crippen LogP contribution in [-0.2, 0) is 6.42 Å². The summed E-state index contributed by atoms with van der Waals surface area (Å²) in [5.74, 6) is -0.108. The highest BCUT2D eigenvalue weighted by Gasteiger charge is 1.98. The van der Waals surface area contributed by atoms with Gasteiger partial charge in [-0.15, -0.1) is 0 Å². The van der Waals surface area contributed by atoms with Crippen LogP contribution in [0.1, 0.15) is 30.9 Å². The van der Waals surface area contributed by atoms with Gasteiger partial charge in [0.05, 0.1) is 0 Å². The molecule has 0 aliphatic rings. The first-order valence-electron chi connectivity index (χ1n) is 5.69. The van der Waals surface area contributed by atoms with E-state index >= 15 is 0 Å². The van der Waals surface area contributed by atoms with Crippen molar-refractivity contribution in [2.75, 3.05) is 13.1 Å². The Bertz CT molecular complexity index is 297. The van der Waals surface area contributed by atoms with Gasteiger partial charge in [0.25, 0.3) is 0 Å². The summed E-state index contributed by atoms with van der Waals surface area (Å²) in [6.45, 7) is 6.11. The molecule has 0 spiro atoms. The van der Waals surface area contributed by atoms with Crippen LogP contribution in [-0.4, -0.2) is 13.1 Å². The molecule has 0 saturated heterocycles. The van der Waals surface area contributed by atoms with E-state index < -0.39 is 0 Å². The molecule has 0 aliphatic heterocycles. The van der Waals surface area contributed by atoms with Gasteiger partial charge in [-0.2, -0.15) is 0 Å². The Morgan fingerprint density at radius 1 is 1.27 bits per heavy atom. The summed E-state index contributed by atoms with van der Waals surface area (Å²) >= 11 is 0. The van der Waals surface area contributed by atoms with Crippen LogP contribution in [0.5, 0.6) is 0 Å². The van der Waals surface area contributed by atoms with E-state index in [4.69, 9.17) is 0 Å². The van der Waals surface area contributed by atoms with Gasteiger partial charge in [-0.25, -0.2) is 4.39 Å². The third-order valence-electron chi connectivity index (χ3n) is 2.47. The molecule has 0 saturated carbocycles. The van der Waals surface area contributed by atoms with Crippen LogP contribution < -0.4 is 5.32 Å².